The maximum absolute atomic E-state index is 13.3. The highest BCUT2D eigenvalue weighted by molar-refractivity contribution is 5.21. The van der Waals surface area contributed by atoms with Crippen molar-refractivity contribution < 1.29 is 9.13 Å². The van der Waals surface area contributed by atoms with Crippen molar-refractivity contribution in [2.75, 3.05) is 26.7 Å². The van der Waals surface area contributed by atoms with Gasteiger partial charge in [-0.05, 0) is 48.8 Å². The molecule has 0 aliphatic rings. The number of rotatable bonds is 12. The third-order valence-corrected chi connectivity index (χ3v) is 5.94. The monoisotopic (exact) mass is 518 g/mol. The van der Waals surface area contributed by atoms with Crippen molar-refractivity contribution >= 4 is 0 Å². The van der Waals surface area contributed by atoms with E-state index in [9.17, 15) is 4.39 Å². The number of hydrogen-bond acceptors (Lipinski definition) is 6. The van der Waals surface area contributed by atoms with Crippen LogP contribution in [0, 0.1) is 5.82 Å². The second kappa shape index (κ2) is 15.7. The molecule has 202 valence electrons. The second-order valence-corrected chi connectivity index (χ2v) is 9.05. The zero-order chi connectivity index (χ0) is 27.2. The fourth-order valence-corrected chi connectivity index (χ4v) is 4.03. The quantitative estimate of drug-likeness (QED) is 0.235. The molecule has 4 rings (SSSR count). The number of nitrogens with zero attached hydrogens (tertiary/aromatic N) is 6. The lowest BCUT2D eigenvalue weighted by atomic mass is 10.1. The highest BCUT2D eigenvalue weighted by Gasteiger charge is 2.17. The van der Waals surface area contributed by atoms with Crippen LogP contribution in [-0.2, 0) is 17.6 Å². The maximum atomic E-state index is 13.3. The molecule has 2 aromatic heterocycles. The van der Waals surface area contributed by atoms with Crippen LogP contribution in [0.1, 0.15) is 62.5 Å². The number of benzene rings is 2. The van der Waals surface area contributed by atoms with Gasteiger partial charge >= 0.3 is 0 Å². The predicted molar refractivity (Wildman–Crippen MR) is 149 cm³/mol. The predicted octanol–water partition coefficient (Wildman–Crippen LogP) is 5.85. The Kier molecular flexibility index (Phi) is 12.0. The molecule has 0 N–H and O–H groups in total. The SMILES string of the molecule is CCC.CCN(CCCc1nc(Cc2ccc(F)cc2)nn1-c1ncccn1)C[C@H](OC)c1ccccc1. The maximum Gasteiger partial charge on any atom is 0.252 e. The molecule has 0 saturated carbocycles. The van der Waals surface area contributed by atoms with Crippen molar-refractivity contribution in [3.8, 4) is 5.95 Å². The van der Waals surface area contributed by atoms with Gasteiger partial charge in [0.2, 0.25) is 0 Å². The minimum Gasteiger partial charge on any atom is -0.375 e. The van der Waals surface area contributed by atoms with Gasteiger partial charge in [0.1, 0.15) is 11.6 Å². The van der Waals surface area contributed by atoms with E-state index < -0.39 is 0 Å². The minimum atomic E-state index is -0.255. The molecule has 0 aliphatic heterocycles. The molecule has 7 nitrogen and oxygen atoms in total. The van der Waals surface area contributed by atoms with Gasteiger partial charge in [0.05, 0.1) is 6.10 Å². The molecule has 0 bridgehead atoms. The van der Waals surface area contributed by atoms with E-state index in [2.05, 4.69) is 52.9 Å². The van der Waals surface area contributed by atoms with Crippen LogP contribution in [-0.4, -0.2) is 56.4 Å². The van der Waals surface area contributed by atoms with E-state index in [0.29, 0.717) is 18.2 Å². The van der Waals surface area contributed by atoms with Crippen LogP contribution in [0.5, 0.6) is 0 Å². The summed E-state index contributed by atoms with van der Waals surface area (Å²) in [4.78, 5) is 15.9. The molecule has 38 heavy (non-hydrogen) atoms. The molecule has 2 heterocycles. The van der Waals surface area contributed by atoms with E-state index in [1.807, 2.05) is 18.2 Å². The van der Waals surface area contributed by atoms with Gasteiger partial charge in [-0.1, -0.05) is 69.7 Å². The zero-order valence-corrected chi connectivity index (χ0v) is 22.9. The third kappa shape index (κ3) is 8.82. The number of hydrogen-bond donors (Lipinski definition) is 0. The summed E-state index contributed by atoms with van der Waals surface area (Å²) in [5.41, 5.74) is 2.13. The van der Waals surface area contributed by atoms with Gasteiger partial charge in [0.25, 0.3) is 5.95 Å². The van der Waals surface area contributed by atoms with Gasteiger partial charge < -0.3 is 9.64 Å². The van der Waals surface area contributed by atoms with Gasteiger partial charge in [-0.2, -0.15) is 4.68 Å². The Labute approximate surface area is 225 Å². The lowest BCUT2D eigenvalue weighted by Gasteiger charge is -2.26. The summed E-state index contributed by atoms with van der Waals surface area (Å²) in [5, 5.41) is 4.67. The fraction of sp³-hybridized carbons (Fsp3) is 0.400. The molecule has 4 aromatic rings. The van der Waals surface area contributed by atoms with Crippen LogP contribution in [0.25, 0.3) is 5.95 Å². The lowest BCUT2D eigenvalue weighted by Crippen LogP contribution is -2.30. The first kappa shape index (κ1) is 29.1. The molecule has 1 atom stereocenters. The Hall–Kier alpha value is -3.49. The van der Waals surface area contributed by atoms with Crippen LogP contribution in [0.2, 0.25) is 0 Å². The molecule has 0 spiro atoms. The van der Waals surface area contributed by atoms with Crippen molar-refractivity contribution in [2.45, 2.75) is 52.6 Å². The molecule has 8 heteroatoms. The van der Waals surface area contributed by atoms with Crippen LogP contribution in [0.3, 0.4) is 0 Å². The standard InChI is InChI=1S/C27H31FN6O.C3H8/c1-3-33(20-24(35-2)22-9-5-4-6-10-22)18-7-11-26-31-25(19-21-12-14-23(28)15-13-21)32-34(26)27-29-16-8-17-30-27;1-3-2/h4-6,8-10,12-17,24H,3,7,11,18-20H2,1-2H3;3H2,1-2H3/t24-;/m0./s1. The lowest BCUT2D eigenvalue weighted by molar-refractivity contribution is 0.0647. The number of ether oxygens (including phenoxy) is 1. The number of aryl methyl sites for hydroxylation is 1. The van der Waals surface area contributed by atoms with Crippen molar-refractivity contribution in [1.29, 1.82) is 0 Å². The molecule has 0 fully saturated rings. The average molecular weight is 519 g/mol. The first-order valence-electron chi connectivity index (χ1n) is 13.3. The first-order chi connectivity index (χ1) is 18.6. The normalized spacial score (nSPS) is 11.7. The molecule has 2 aromatic carbocycles. The Balaban J connectivity index is 0.00000127. The summed E-state index contributed by atoms with van der Waals surface area (Å²) < 4.78 is 20.8. The summed E-state index contributed by atoms with van der Waals surface area (Å²) in [7, 11) is 1.76. The van der Waals surface area contributed by atoms with Crippen molar-refractivity contribution in [3.63, 3.8) is 0 Å². The van der Waals surface area contributed by atoms with Gasteiger partial charge in [-0.25, -0.2) is 19.3 Å². The number of methoxy groups -OCH3 is 1. The summed E-state index contributed by atoms with van der Waals surface area (Å²) in [6.07, 6.45) is 6.82. The molecule has 0 amide bonds. The molecule has 0 saturated heterocycles. The van der Waals surface area contributed by atoms with E-state index in [1.165, 1.54) is 24.1 Å². The zero-order valence-electron chi connectivity index (χ0n) is 22.9. The van der Waals surface area contributed by atoms with Crippen LogP contribution >= 0.6 is 0 Å². The van der Waals surface area contributed by atoms with Crippen molar-refractivity contribution in [2.24, 2.45) is 0 Å². The van der Waals surface area contributed by atoms with Crippen LogP contribution in [0.15, 0.2) is 73.1 Å². The number of likely N-dealkylation sites (N-methyl/N-ethyl adjacent to an activating group) is 1. The van der Waals surface area contributed by atoms with Crippen molar-refractivity contribution in [3.05, 3.63) is 102 Å². The Morgan fingerprint density at radius 3 is 2.26 bits per heavy atom. The molecule has 0 unspecified atom stereocenters. The van der Waals surface area contributed by atoms with Crippen molar-refractivity contribution in [1.82, 2.24) is 29.6 Å². The van der Waals surface area contributed by atoms with Gasteiger partial charge in [0.15, 0.2) is 5.82 Å². The van der Waals surface area contributed by atoms with Gasteiger partial charge in [-0.15, -0.1) is 5.10 Å². The third-order valence-electron chi connectivity index (χ3n) is 5.94. The van der Waals surface area contributed by atoms with E-state index in [4.69, 9.17) is 9.72 Å². The summed E-state index contributed by atoms with van der Waals surface area (Å²) in [6.45, 7) is 9.07. The van der Waals surface area contributed by atoms with E-state index in [1.54, 1.807) is 42.4 Å². The minimum absolute atomic E-state index is 0.0276. The summed E-state index contributed by atoms with van der Waals surface area (Å²) in [5.74, 6) is 1.72. The Morgan fingerprint density at radius 2 is 1.63 bits per heavy atom. The highest BCUT2D eigenvalue weighted by atomic mass is 19.1. The Morgan fingerprint density at radius 1 is 0.947 bits per heavy atom. The number of aromatic nitrogens is 5. The number of halogens is 1. The molecular weight excluding hydrogens is 479 g/mol. The topological polar surface area (TPSA) is 69.0 Å². The molecule has 0 aliphatic carbocycles. The van der Waals surface area contributed by atoms with Crippen LogP contribution < -0.4 is 0 Å². The smallest absolute Gasteiger partial charge is 0.252 e. The van der Waals surface area contributed by atoms with E-state index >= 15 is 0 Å². The second-order valence-electron chi connectivity index (χ2n) is 9.05. The average Bonchev–Trinajstić information content (AvgIpc) is 3.35. The molecular formula is C30H39FN6O. The van der Waals surface area contributed by atoms with Crippen LogP contribution in [0.4, 0.5) is 4.39 Å². The largest absolute Gasteiger partial charge is 0.375 e. The van der Waals surface area contributed by atoms with Gasteiger partial charge in [-0.3, -0.25) is 0 Å². The van der Waals surface area contributed by atoms with E-state index in [0.717, 1.165) is 43.9 Å². The fourth-order valence-electron chi connectivity index (χ4n) is 4.03. The van der Waals surface area contributed by atoms with Gasteiger partial charge in [0, 0.05) is 38.9 Å². The first-order valence-corrected chi connectivity index (χ1v) is 13.3. The highest BCUT2D eigenvalue weighted by Crippen LogP contribution is 2.18. The summed E-state index contributed by atoms with van der Waals surface area (Å²) >= 11 is 0. The summed E-state index contributed by atoms with van der Waals surface area (Å²) in [6, 6.07) is 18.5. The molecule has 0 radical (unpaired) electrons. The van der Waals surface area contributed by atoms with E-state index in [-0.39, 0.29) is 11.9 Å². The Bertz CT molecular complexity index is 1180.